The van der Waals surface area contributed by atoms with E-state index in [0.717, 1.165) is 19.3 Å². The van der Waals surface area contributed by atoms with Crippen molar-refractivity contribution in [3.8, 4) is 0 Å². The van der Waals surface area contributed by atoms with E-state index in [1.165, 1.54) is 12.1 Å². The van der Waals surface area contributed by atoms with Crippen LogP contribution in [0.2, 0.25) is 0 Å². The van der Waals surface area contributed by atoms with Crippen LogP contribution < -0.4 is 15.6 Å². The SMILES string of the molecule is O=C(CCc1nc2ccccc2c(=O)n1C1CC1)Nc1cccc(S(=O)(=O)NC2=NCCC2)c1. The first-order chi connectivity index (χ1) is 16.4. The summed E-state index contributed by atoms with van der Waals surface area (Å²) in [5.74, 6) is 0.769. The largest absolute Gasteiger partial charge is 0.326 e. The zero-order valence-corrected chi connectivity index (χ0v) is 19.3. The number of amidine groups is 1. The molecule has 1 amide bonds. The summed E-state index contributed by atoms with van der Waals surface area (Å²) in [5, 5.41) is 3.34. The lowest BCUT2D eigenvalue weighted by molar-refractivity contribution is -0.116. The van der Waals surface area contributed by atoms with Crippen molar-refractivity contribution in [1.29, 1.82) is 0 Å². The van der Waals surface area contributed by atoms with Crippen molar-refractivity contribution in [3.63, 3.8) is 0 Å². The van der Waals surface area contributed by atoms with Crippen molar-refractivity contribution in [2.24, 2.45) is 4.99 Å². The Kier molecular flexibility index (Phi) is 5.91. The Morgan fingerprint density at radius 1 is 1.12 bits per heavy atom. The Morgan fingerprint density at radius 2 is 1.94 bits per heavy atom. The number of amides is 1. The van der Waals surface area contributed by atoms with Crippen molar-refractivity contribution in [3.05, 3.63) is 64.7 Å². The van der Waals surface area contributed by atoms with Crippen LogP contribution in [0.3, 0.4) is 0 Å². The number of rotatable bonds is 7. The van der Waals surface area contributed by atoms with Crippen LogP contribution >= 0.6 is 0 Å². The fourth-order valence-corrected chi connectivity index (χ4v) is 5.24. The first kappa shape index (κ1) is 22.3. The van der Waals surface area contributed by atoms with Crippen LogP contribution in [0, 0.1) is 0 Å². The molecule has 2 aromatic carbocycles. The molecule has 176 valence electrons. The Bertz CT molecular complexity index is 1460. The van der Waals surface area contributed by atoms with Gasteiger partial charge in [-0.1, -0.05) is 18.2 Å². The van der Waals surface area contributed by atoms with E-state index in [-0.39, 0.29) is 28.8 Å². The predicted molar refractivity (Wildman–Crippen MR) is 130 cm³/mol. The number of para-hydroxylation sites is 1. The quantitative estimate of drug-likeness (QED) is 0.540. The number of carbonyl (C=O) groups excluding carboxylic acids is 1. The van der Waals surface area contributed by atoms with Gasteiger partial charge >= 0.3 is 0 Å². The van der Waals surface area contributed by atoms with E-state index < -0.39 is 10.0 Å². The molecular formula is C24H25N5O4S. The first-order valence-electron chi connectivity index (χ1n) is 11.4. The Labute approximate surface area is 197 Å². The molecule has 0 bridgehead atoms. The van der Waals surface area contributed by atoms with Gasteiger partial charge in [0.1, 0.15) is 11.7 Å². The van der Waals surface area contributed by atoms with Gasteiger partial charge < -0.3 is 5.32 Å². The standard InChI is InChI=1S/C24H25N5O4S/c30-23(26-16-5-3-6-18(15-16)34(32,33)28-21-9-4-14-25-21)13-12-22-27-20-8-2-1-7-19(20)24(31)29(22)17-10-11-17/h1-3,5-8,15,17H,4,9-14H2,(H,25,28)(H,26,30). The molecule has 3 aromatic rings. The maximum Gasteiger partial charge on any atom is 0.262 e. The third-order valence-electron chi connectivity index (χ3n) is 5.92. The maximum atomic E-state index is 13.0. The van der Waals surface area contributed by atoms with Crippen LogP contribution in [0.25, 0.3) is 10.9 Å². The second-order valence-corrected chi connectivity index (χ2v) is 10.2. The lowest BCUT2D eigenvalue weighted by Crippen LogP contribution is -2.29. The minimum absolute atomic E-state index is 0.0543. The van der Waals surface area contributed by atoms with Crippen LogP contribution in [-0.2, 0) is 21.2 Å². The molecule has 1 aliphatic carbocycles. The Balaban J connectivity index is 1.29. The number of sulfonamides is 1. The third kappa shape index (κ3) is 4.72. The Hall–Kier alpha value is -3.53. The van der Waals surface area contributed by atoms with E-state index in [2.05, 4.69) is 20.0 Å². The first-order valence-corrected chi connectivity index (χ1v) is 12.9. The van der Waals surface area contributed by atoms with Gasteiger partial charge in [0.2, 0.25) is 5.91 Å². The molecule has 1 saturated carbocycles. The van der Waals surface area contributed by atoms with Gasteiger partial charge in [-0.25, -0.2) is 13.4 Å². The molecule has 34 heavy (non-hydrogen) atoms. The summed E-state index contributed by atoms with van der Waals surface area (Å²) < 4.78 is 29.5. The van der Waals surface area contributed by atoms with E-state index in [9.17, 15) is 18.0 Å². The van der Waals surface area contributed by atoms with Crippen molar-refractivity contribution in [2.45, 2.75) is 49.5 Å². The number of benzene rings is 2. The molecule has 0 unspecified atom stereocenters. The lowest BCUT2D eigenvalue weighted by atomic mass is 10.2. The van der Waals surface area contributed by atoms with Crippen molar-refractivity contribution >= 4 is 38.4 Å². The van der Waals surface area contributed by atoms with Gasteiger partial charge in [-0.05, 0) is 49.6 Å². The van der Waals surface area contributed by atoms with Gasteiger partial charge in [-0.3, -0.25) is 23.9 Å². The number of aryl methyl sites for hydroxylation is 1. The van der Waals surface area contributed by atoms with Crippen LogP contribution in [0.4, 0.5) is 5.69 Å². The molecule has 2 heterocycles. The summed E-state index contributed by atoms with van der Waals surface area (Å²) in [5.41, 5.74) is 0.935. The number of carbonyl (C=O) groups is 1. The summed E-state index contributed by atoms with van der Waals surface area (Å²) >= 11 is 0. The molecule has 0 spiro atoms. The van der Waals surface area contributed by atoms with Crippen LogP contribution in [0.5, 0.6) is 0 Å². The topological polar surface area (TPSA) is 123 Å². The fourth-order valence-electron chi connectivity index (χ4n) is 4.10. The van der Waals surface area contributed by atoms with Crippen LogP contribution in [0.15, 0.2) is 63.2 Å². The molecule has 1 aliphatic heterocycles. The second-order valence-electron chi connectivity index (χ2n) is 8.56. The molecule has 9 nitrogen and oxygen atoms in total. The van der Waals surface area contributed by atoms with Gasteiger partial charge in [-0.15, -0.1) is 0 Å². The molecule has 0 saturated heterocycles. The molecule has 1 fully saturated rings. The van der Waals surface area contributed by atoms with Crippen molar-refractivity contribution < 1.29 is 13.2 Å². The predicted octanol–water partition coefficient (Wildman–Crippen LogP) is 2.77. The summed E-state index contributed by atoms with van der Waals surface area (Å²) in [6.45, 7) is 0.620. The number of aliphatic imine (C=N–C) groups is 1. The lowest BCUT2D eigenvalue weighted by Gasteiger charge is -2.13. The number of fused-ring (bicyclic) bond motifs is 1. The number of hydrogen-bond donors (Lipinski definition) is 2. The smallest absolute Gasteiger partial charge is 0.262 e. The highest BCUT2D eigenvalue weighted by Crippen LogP contribution is 2.35. The fraction of sp³-hybridized carbons (Fsp3) is 0.333. The highest BCUT2D eigenvalue weighted by atomic mass is 32.2. The summed E-state index contributed by atoms with van der Waals surface area (Å²) in [6.07, 6.45) is 3.71. The molecule has 0 atom stereocenters. The van der Waals surface area contributed by atoms with Crippen molar-refractivity contribution in [1.82, 2.24) is 14.3 Å². The summed E-state index contributed by atoms with van der Waals surface area (Å²) in [7, 11) is -3.77. The van der Waals surface area contributed by atoms with Gasteiger partial charge in [0, 0.05) is 37.5 Å². The number of aromatic nitrogens is 2. The molecule has 2 aliphatic rings. The summed E-state index contributed by atoms with van der Waals surface area (Å²) in [4.78, 5) is 34.5. The number of anilines is 1. The number of hydrogen-bond acceptors (Lipinski definition) is 6. The zero-order chi connectivity index (χ0) is 23.7. The maximum absolute atomic E-state index is 13.0. The highest BCUT2D eigenvalue weighted by molar-refractivity contribution is 7.90. The van der Waals surface area contributed by atoms with Crippen LogP contribution in [0.1, 0.15) is 44.0 Å². The van der Waals surface area contributed by atoms with Gasteiger partial charge in [0.25, 0.3) is 15.6 Å². The third-order valence-corrected chi connectivity index (χ3v) is 7.30. The zero-order valence-electron chi connectivity index (χ0n) is 18.5. The van der Waals surface area contributed by atoms with E-state index in [4.69, 9.17) is 0 Å². The van der Waals surface area contributed by atoms with Crippen LogP contribution in [-0.4, -0.2) is 36.3 Å². The van der Waals surface area contributed by atoms with Gasteiger partial charge in [0.15, 0.2) is 0 Å². The molecule has 10 heteroatoms. The van der Waals surface area contributed by atoms with Crippen molar-refractivity contribution in [2.75, 3.05) is 11.9 Å². The monoisotopic (exact) mass is 479 g/mol. The average molecular weight is 480 g/mol. The van der Waals surface area contributed by atoms with E-state index in [0.29, 0.717) is 47.6 Å². The normalized spacial score (nSPS) is 15.8. The van der Waals surface area contributed by atoms with E-state index in [1.807, 2.05) is 12.1 Å². The molecule has 2 N–H and O–H groups in total. The average Bonchev–Trinajstić information content (AvgIpc) is 3.53. The number of nitrogens with one attached hydrogen (secondary N) is 2. The molecule has 5 rings (SSSR count). The summed E-state index contributed by atoms with van der Waals surface area (Å²) in [6, 6.07) is 13.5. The van der Waals surface area contributed by atoms with E-state index >= 15 is 0 Å². The van der Waals surface area contributed by atoms with Gasteiger partial charge in [-0.2, -0.15) is 0 Å². The molecular weight excluding hydrogens is 454 g/mol. The van der Waals surface area contributed by atoms with E-state index in [1.54, 1.807) is 28.8 Å². The van der Waals surface area contributed by atoms with Gasteiger partial charge in [0.05, 0.1) is 15.8 Å². The Morgan fingerprint density at radius 3 is 2.71 bits per heavy atom. The second kappa shape index (κ2) is 9.02. The minimum Gasteiger partial charge on any atom is -0.326 e. The number of nitrogens with zero attached hydrogens (tertiary/aromatic N) is 3. The highest BCUT2D eigenvalue weighted by Gasteiger charge is 2.28. The minimum atomic E-state index is -3.77. The molecule has 0 radical (unpaired) electrons. The molecule has 1 aromatic heterocycles.